The number of carbonyl (C=O) groups excluding carboxylic acids is 2. The SMILES string of the molecule is CC(F)(c1ccc2c(c1)CC[C@H]1N(C(=O)c3ccc4c(c3)CC(=O)N4)CC[C@@]21Cc1ccc(F)cc1)C(F)(F)F. The van der Waals surface area contributed by atoms with Crippen LogP contribution in [-0.2, 0) is 35.1 Å². The molecule has 1 saturated heterocycles. The van der Waals surface area contributed by atoms with E-state index >= 15 is 0 Å². The molecule has 208 valence electrons. The Morgan fingerprint density at radius 1 is 1.02 bits per heavy atom. The van der Waals surface area contributed by atoms with Crippen LogP contribution in [0.15, 0.2) is 60.7 Å². The summed E-state index contributed by atoms with van der Waals surface area (Å²) >= 11 is 0. The fraction of sp³-hybridized carbons (Fsp3) is 0.355. The average molecular weight is 555 g/mol. The Balaban J connectivity index is 1.40. The molecule has 0 radical (unpaired) electrons. The Morgan fingerprint density at radius 2 is 1.77 bits per heavy atom. The minimum Gasteiger partial charge on any atom is -0.335 e. The highest BCUT2D eigenvalue weighted by Crippen LogP contribution is 2.51. The lowest BCUT2D eigenvalue weighted by molar-refractivity contribution is -0.228. The van der Waals surface area contributed by atoms with E-state index in [4.69, 9.17) is 0 Å². The van der Waals surface area contributed by atoms with Crippen molar-refractivity contribution in [2.24, 2.45) is 0 Å². The topological polar surface area (TPSA) is 49.4 Å². The number of benzene rings is 3. The van der Waals surface area contributed by atoms with Gasteiger partial charge in [-0.3, -0.25) is 9.59 Å². The van der Waals surface area contributed by atoms with Gasteiger partial charge in [-0.25, -0.2) is 8.78 Å². The summed E-state index contributed by atoms with van der Waals surface area (Å²) in [7, 11) is 0. The minimum atomic E-state index is -5.06. The van der Waals surface area contributed by atoms with Crippen LogP contribution in [0.3, 0.4) is 0 Å². The molecule has 0 aromatic heterocycles. The summed E-state index contributed by atoms with van der Waals surface area (Å²) in [6.45, 7) is 0.952. The molecule has 3 aliphatic rings. The van der Waals surface area contributed by atoms with Crippen LogP contribution in [0.5, 0.6) is 0 Å². The summed E-state index contributed by atoms with van der Waals surface area (Å²) < 4.78 is 69.1. The van der Waals surface area contributed by atoms with Crippen LogP contribution < -0.4 is 5.32 Å². The van der Waals surface area contributed by atoms with E-state index in [1.165, 1.54) is 24.3 Å². The van der Waals surface area contributed by atoms with E-state index in [2.05, 4.69) is 5.32 Å². The van der Waals surface area contributed by atoms with Gasteiger partial charge < -0.3 is 10.2 Å². The number of hydrogen-bond donors (Lipinski definition) is 1. The maximum Gasteiger partial charge on any atom is 0.426 e. The highest BCUT2D eigenvalue weighted by Gasteiger charge is 2.55. The largest absolute Gasteiger partial charge is 0.426 e. The van der Waals surface area contributed by atoms with E-state index in [1.54, 1.807) is 36.4 Å². The summed E-state index contributed by atoms with van der Waals surface area (Å²) in [5.74, 6) is -0.687. The third kappa shape index (κ3) is 4.17. The Labute approximate surface area is 228 Å². The smallest absolute Gasteiger partial charge is 0.335 e. The number of nitrogens with zero attached hydrogens (tertiary/aromatic N) is 1. The number of nitrogens with one attached hydrogen (secondary N) is 1. The lowest BCUT2D eigenvalue weighted by Gasteiger charge is -2.44. The van der Waals surface area contributed by atoms with Crippen molar-refractivity contribution in [3.63, 3.8) is 0 Å². The molecule has 0 spiro atoms. The first-order valence-electron chi connectivity index (χ1n) is 13.3. The second kappa shape index (κ2) is 9.14. The number of halogens is 5. The first kappa shape index (κ1) is 26.5. The van der Waals surface area contributed by atoms with E-state index in [-0.39, 0.29) is 30.1 Å². The van der Waals surface area contributed by atoms with E-state index < -0.39 is 22.8 Å². The van der Waals surface area contributed by atoms with Gasteiger partial charge in [0.2, 0.25) is 11.6 Å². The monoisotopic (exact) mass is 554 g/mol. The second-order valence-corrected chi connectivity index (χ2v) is 11.2. The van der Waals surface area contributed by atoms with Gasteiger partial charge in [0.25, 0.3) is 5.91 Å². The Bertz CT molecular complexity index is 1520. The summed E-state index contributed by atoms with van der Waals surface area (Å²) in [5.41, 5.74) is -0.389. The van der Waals surface area contributed by atoms with Gasteiger partial charge in [-0.05, 0) is 90.8 Å². The zero-order chi connectivity index (χ0) is 28.4. The number of likely N-dealkylation sites (tertiary alicyclic amines) is 1. The fourth-order valence-electron chi connectivity index (χ4n) is 6.76. The predicted octanol–water partition coefficient (Wildman–Crippen LogP) is 6.41. The number of carbonyl (C=O) groups is 2. The molecule has 3 aromatic rings. The number of fused-ring (bicyclic) bond motifs is 4. The van der Waals surface area contributed by atoms with Crippen molar-refractivity contribution in [3.8, 4) is 0 Å². The lowest BCUT2D eigenvalue weighted by atomic mass is 9.63. The molecule has 0 saturated carbocycles. The average Bonchev–Trinajstić information content (AvgIpc) is 3.48. The van der Waals surface area contributed by atoms with Crippen molar-refractivity contribution in [2.75, 3.05) is 11.9 Å². The highest BCUT2D eigenvalue weighted by atomic mass is 19.4. The molecule has 2 heterocycles. The van der Waals surface area contributed by atoms with Crippen LogP contribution in [-0.4, -0.2) is 35.5 Å². The fourth-order valence-corrected chi connectivity index (χ4v) is 6.76. The normalized spacial score (nSPS) is 23.2. The van der Waals surface area contributed by atoms with Crippen molar-refractivity contribution in [1.82, 2.24) is 4.90 Å². The molecule has 1 fully saturated rings. The molecule has 1 unspecified atom stereocenters. The molecule has 6 rings (SSSR count). The number of anilines is 1. The zero-order valence-corrected chi connectivity index (χ0v) is 21.7. The lowest BCUT2D eigenvalue weighted by Crippen LogP contribution is -2.49. The van der Waals surface area contributed by atoms with E-state index in [1.807, 2.05) is 4.90 Å². The van der Waals surface area contributed by atoms with Gasteiger partial charge >= 0.3 is 6.18 Å². The van der Waals surface area contributed by atoms with Crippen molar-refractivity contribution in [1.29, 1.82) is 0 Å². The molecule has 9 heteroatoms. The van der Waals surface area contributed by atoms with Crippen LogP contribution in [0.1, 0.15) is 57.9 Å². The van der Waals surface area contributed by atoms with E-state index in [0.717, 1.165) is 16.7 Å². The molecular formula is C31H27F5N2O2. The molecule has 40 heavy (non-hydrogen) atoms. The third-order valence-electron chi connectivity index (χ3n) is 8.89. The van der Waals surface area contributed by atoms with Crippen LogP contribution in [0, 0.1) is 5.82 Å². The Kier molecular flexibility index (Phi) is 6.05. The number of amides is 2. The minimum absolute atomic E-state index is 0.128. The first-order chi connectivity index (χ1) is 18.9. The Hall–Kier alpha value is -3.75. The van der Waals surface area contributed by atoms with Gasteiger partial charge in [0.1, 0.15) is 5.82 Å². The maximum absolute atomic E-state index is 14.9. The van der Waals surface area contributed by atoms with Crippen molar-refractivity contribution < 1.29 is 31.5 Å². The molecule has 2 aliphatic heterocycles. The van der Waals surface area contributed by atoms with Gasteiger partial charge in [-0.2, -0.15) is 13.2 Å². The zero-order valence-electron chi connectivity index (χ0n) is 21.7. The summed E-state index contributed by atoms with van der Waals surface area (Å²) in [6.07, 6.45) is -2.98. The van der Waals surface area contributed by atoms with Gasteiger partial charge in [-0.1, -0.05) is 30.3 Å². The van der Waals surface area contributed by atoms with E-state index in [0.29, 0.717) is 56.0 Å². The highest BCUT2D eigenvalue weighted by molar-refractivity contribution is 6.01. The van der Waals surface area contributed by atoms with Crippen LogP contribution in [0.4, 0.5) is 27.6 Å². The summed E-state index contributed by atoms with van der Waals surface area (Å²) in [4.78, 5) is 27.5. The first-order valence-corrected chi connectivity index (χ1v) is 13.3. The quantitative estimate of drug-likeness (QED) is 0.379. The van der Waals surface area contributed by atoms with Crippen molar-refractivity contribution >= 4 is 17.5 Å². The molecule has 1 N–H and O–H groups in total. The van der Waals surface area contributed by atoms with Gasteiger partial charge in [0, 0.05) is 29.3 Å². The number of rotatable bonds is 4. The maximum atomic E-state index is 14.9. The molecule has 2 amide bonds. The molecular weight excluding hydrogens is 527 g/mol. The number of alkyl halides is 4. The Morgan fingerprint density at radius 3 is 2.50 bits per heavy atom. The number of aryl methyl sites for hydroxylation is 1. The molecule has 4 nitrogen and oxygen atoms in total. The standard InChI is InChI=1S/C31H27F5N2O2/c1-29(33,31(34,35)36)22-6-9-24-19(15-22)5-11-26-30(24,17-18-2-7-23(32)8-3-18)12-13-38(26)28(40)20-4-10-25-21(14-20)16-27(39)37-25/h2-4,6-10,14-15,26H,5,11-13,16-17H2,1H3,(H,37,39)/t26-,29?,30-/m1/s1. The summed E-state index contributed by atoms with van der Waals surface area (Å²) in [6, 6.07) is 15.1. The van der Waals surface area contributed by atoms with Gasteiger partial charge in [0.15, 0.2) is 0 Å². The number of hydrogen-bond acceptors (Lipinski definition) is 2. The van der Waals surface area contributed by atoms with Crippen molar-refractivity contribution in [2.45, 2.75) is 62.3 Å². The van der Waals surface area contributed by atoms with Gasteiger partial charge in [0.05, 0.1) is 6.42 Å². The van der Waals surface area contributed by atoms with E-state index in [9.17, 15) is 31.5 Å². The summed E-state index contributed by atoms with van der Waals surface area (Å²) in [5, 5.41) is 2.76. The van der Waals surface area contributed by atoms with Crippen LogP contribution >= 0.6 is 0 Å². The second-order valence-electron chi connectivity index (χ2n) is 11.2. The molecule has 3 aromatic carbocycles. The van der Waals surface area contributed by atoms with Crippen LogP contribution in [0.25, 0.3) is 0 Å². The predicted molar refractivity (Wildman–Crippen MR) is 139 cm³/mol. The third-order valence-corrected chi connectivity index (χ3v) is 8.89. The molecule has 3 atom stereocenters. The molecule has 1 aliphatic carbocycles. The molecule has 0 bridgehead atoms. The van der Waals surface area contributed by atoms with Crippen molar-refractivity contribution in [3.05, 3.63) is 99.9 Å². The van der Waals surface area contributed by atoms with Crippen LogP contribution in [0.2, 0.25) is 0 Å². The van der Waals surface area contributed by atoms with Gasteiger partial charge in [-0.15, -0.1) is 0 Å².